The molecule has 2 nitrogen and oxygen atoms in total. The molecule has 1 aliphatic rings. The lowest BCUT2D eigenvalue weighted by atomic mass is 10.2. The first-order chi connectivity index (χ1) is 7.44. The van der Waals surface area contributed by atoms with E-state index in [1.54, 1.807) is 6.92 Å². The number of hydrogen-bond donors (Lipinski definition) is 1. The van der Waals surface area contributed by atoms with Crippen LogP contribution in [0.25, 0.3) is 0 Å². The van der Waals surface area contributed by atoms with Crippen LogP contribution in [0.4, 0.5) is 13.2 Å². The van der Waals surface area contributed by atoms with E-state index in [0.29, 0.717) is 13.1 Å². The molecule has 1 unspecified atom stereocenters. The number of nitrogens with zero attached hydrogens (tertiary/aromatic N) is 1. The third-order valence-electron chi connectivity index (χ3n) is 2.61. The summed E-state index contributed by atoms with van der Waals surface area (Å²) in [6, 6.07) is -0.0354. The van der Waals surface area contributed by atoms with Gasteiger partial charge in [-0.3, -0.25) is 4.90 Å². The van der Waals surface area contributed by atoms with Gasteiger partial charge in [0.1, 0.15) is 0 Å². The highest BCUT2D eigenvalue weighted by Crippen LogP contribution is 2.31. The Bertz CT molecular complexity index is 253. The second kappa shape index (κ2) is 5.55. The van der Waals surface area contributed by atoms with Gasteiger partial charge >= 0.3 is 6.18 Å². The normalized spacial score (nSPS) is 18.5. The molecule has 1 atom stereocenters. The lowest BCUT2D eigenvalue weighted by molar-refractivity contribution is -0.151. The van der Waals surface area contributed by atoms with Gasteiger partial charge < -0.3 is 5.32 Å². The van der Waals surface area contributed by atoms with Crippen molar-refractivity contribution in [2.45, 2.75) is 38.0 Å². The van der Waals surface area contributed by atoms with Gasteiger partial charge in [-0.2, -0.15) is 13.2 Å². The predicted octanol–water partition coefficient (Wildman–Crippen LogP) is 1.62. The van der Waals surface area contributed by atoms with E-state index >= 15 is 0 Å². The number of hydrogen-bond acceptors (Lipinski definition) is 2. The van der Waals surface area contributed by atoms with Gasteiger partial charge in [-0.1, -0.05) is 5.92 Å². The zero-order chi connectivity index (χ0) is 12.2. The molecule has 0 aromatic carbocycles. The zero-order valence-electron chi connectivity index (χ0n) is 9.35. The average molecular weight is 234 g/mol. The van der Waals surface area contributed by atoms with E-state index in [2.05, 4.69) is 11.2 Å². The molecular weight excluding hydrogens is 217 g/mol. The number of terminal acetylenes is 1. The predicted molar refractivity (Wildman–Crippen MR) is 56.9 cm³/mol. The fourth-order valence-corrected chi connectivity index (χ4v) is 1.73. The summed E-state index contributed by atoms with van der Waals surface area (Å²) in [5, 5.41) is 2.94. The Morgan fingerprint density at radius 1 is 1.50 bits per heavy atom. The Morgan fingerprint density at radius 2 is 2.12 bits per heavy atom. The van der Waals surface area contributed by atoms with E-state index in [0.717, 1.165) is 12.8 Å². The summed E-state index contributed by atoms with van der Waals surface area (Å²) in [7, 11) is 0. The Kier molecular flexibility index (Phi) is 4.63. The summed E-state index contributed by atoms with van der Waals surface area (Å²) >= 11 is 0. The smallest absolute Gasteiger partial charge is 0.305 e. The number of rotatable bonds is 6. The molecule has 0 radical (unpaired) electrons. The van der Waals surface area contributed by atoms with Crippen LogP contribution in [0.15, 0.2) is 0 Å². The molecule has 1 N–H and O–H groups in total. The first-order valence-electron chi connectivity index (χ1n) is 5.40. The van der Waals surface area contributed by atoms with E-state index in [9.17, 15) is 13.2 Å². The second-order valence-electron chi connectivity index (χ2n) is 4.20. The Labute approximate surface area is 94.2 Å². The maximum atomic E-state index is 12.3. The SMILES string of the molecule is C#CCNCC(C)N(CC(F)(F)F)C1CC1. The maximum absolute atomic E-state index is 12.3. The minimum Gasteiger partial charge on any atom is -0.305 e. The molecule has 0 spiro atoms. The van der Waals surface area contributed by atoms with Crippen molar-refractivity contribution >= 4 is 0 Å². The summed E-state index contributed by atoms with van der Waals surface area (Å²) in [5.74, 6) is 2.40. The van der Waals surface area contributed by atoms with Crippen LogP contribution in [-0.2, 0) is 0 Å². The van der Waals surface area contributed by atoms with Crippen molar-refractivity contribution in [3.05, 3.63) is 0 Å². The van der Waals surface area contributed by atoms with E-state index in [-0.39, 0.29) is 12.1 Å². The molecule has 0 aliphatic heterocycles. The average Bonchev–Trinajstić information content (AvgIpc) is 2.96. The molecule has 92 valence electrons. The van der Waals surface area contributed by atoms with Crippen LogP contribution in [0.3, 0.4) is 0 Å². The van der Waals surface area contributed by atoms with Gasteiger partial charge in [0.15, 0.2) is 0 Å². The van der Waals surface area contributed by atoms with Crippen molar-refractivity contribution in [2.24, 2.45) is 0 Å². The van der Waals surface area contributed by atoms with E-state index < -0.39 is 12.7 Å². The topological polar surface area (TPSA) is 15.3 Å². The van der Waals surface area contributed by atoms with Crippen molar-refractivity contribution < 1.29 is 13.2 Å². The van der Waals surface area contributed by atoms with Crippen molar-refractivity contribution in [2.75, 3.05) is 19.6 Å². The van der Waals surface area contributed by atoms with Crippen LogP contribution in [0.5, 0.6) is 0 Å². The minimum atomic E-state index is -4.12. The van der Waals surface area contributed by atoms with Gasteiger partial charge in [0.25, 0.3) is 0 Å². The molecular formula is C11H17F3N2. The molecule has 0 aromatic rings. The van der Waals surface area contributed by atoms with Gasteiger partial charge in [-0.25, -0.2) is 0 Å². The van der Waals surface area contributed by atoms with E-state index in [4.69, 9.17) is 6.42 Å². The summed E-state index contributed by atoms with van der Waals surface area (Å²) in [6.07, 6.45) is 2.68. The Balaban J connectivity index is 2.40. The molecule has 1 saturated carbocycles. The van der Waals surface area contributed by atoms with Crippen molar-refractivity contribution in [1.82, 2.24) is 10.2 Å². The quantitative estimate of drug-likeness (QED) is 0.555. The second-order valence-corrected chi connectivity index (χ2v) is 4.20. The molecule has 0 bridgehead atoms. The monoisotopic (exact) mass is 234 g/mol. The molecule has 0 amide bonds. The summed E-state index contributed by atoms with van der Waals surface area (Å²) in [5.41, 5.74) is 0. The van der Waals surface area contributed by atoms with Gasteiger partial charge in [0.2, 0.25) is 0 Å². The molecule has 1 rings (SSSR count). The third-order valence-corrected chi connectivity index (χ3v) is 2.61. The standard InChI is InChI=1S/C11H17F3N2/c1-3-6-15-7-9(2)16(10-4-5-10)8-11(12,13)14/h1,9-10,15H,4-8H2,2H3. The summed E-state index contributed by atoms with van der Waals surface area (Å²) < 4.78 is 37.0. The lowest BCUT2D eigenvalue weighted by Gasteiger charge is -2.29. The van der Waals surface area contributed by atoms with Crippen LogP contribution >= 0.6 is 0 Å². The van der Waals surface area contributed by atoms with Crippen molar-refractivity contribution in [3.8, 4) is 12.3 Å². The van der Waals surface area contributed by atoms with Gasteiger partial charge in [-0.05, 0) is 19.8 Å². The molecule has 0 aromatic heterocycles. The molecule has 0 heterocycles. The number of alkyl halides is 3. The largest absolute Gasteiger partial charge is 0.401 e. The minimum absolute atomic E-state index is 0.101. The fraction of sp³-hybridized carbons (Fsp3) is 0.818. The van der Waals surface area contributed by atoms with E-state index in [1.807, 2.05) is 0 Å². The van der Waals surface area contributed by atoms with Crippen LogP contribution < -0.4 is 5.32 Å². The molecule has 1 aliphatic carbocycles. The maximum Gasteiger partial charge on any atom is 0.401 e. The Morgan fingerprint density at radius 3 is 2.56 bits per heavy atom. The zero-order valence-corrected chi connectivity index (χ0v) is 9.35. The lowest BCUT2D eigenvalue weighted by Crippen LogP contribution is -2.46. The highest BCUT2D eigenvalue weighted by Gasteiger charge is 2.39. The van der Waals surface area contributed by atoms with E-state index in [1.165, 1.54) is 4.90 Å². The summed E-state index contributed by atoms with van der Waals surface area (Å²) in [6.45, 7) is 1.87. The molecule has 16 heavy (non-hydrogen) atoms. The van der Waals surface area contributed by atoms with Crippen LogP contribution in [-0.4, -0.2) is 42.8 Å². The molecule has 1 fully saturated rings. The highest BCUT2D eigenvalue weighted by atomic mass is 19.4. The molecule has 0 saturated heterocycles. The van der Waals surface area contributed by atoms with Crippen LogP contribution in [0.1, 0.15) is 19.8 Å². The van der Waals surface area contributed by atoms with Crippen molar-refractivity contribution in [1.29, 1.82) is 0 Å². The first-order valence-corrected chi connectivity index (χ1v) is 5.40. The first kappa shape index (κ1) is 13.3. The number of halogens is 3. The van der Waals surface area contributed by atoms with Crippen LogP contribution in [0, 0.1) is 12.3 Å². The third kappa shape index (κ3) is 4.86. The highest BCUT2D eigenvalue weighted by molar-refractivity contribution is 4.91. The van der Waals surface area contributed by atoms with Gasteiger partial charge in [-0.15, -0.1) is 6.42 Å². The summed E-state index contributed by atoms with van der Waals surface area (Å²) in [4.78, 5) is 1.52. The fourth-order valence-electron chi connectivity index (χ4n) is 1.73. The number of nitrogens with one attached hydrogen (secondary N) is 1. The Hall–Kier alpha value is -0.730. The van der Waals surface area contributed by atoms with Crippen molar-refractivity contribution in [3.63, 3.8) is 0 Å². The van der Waals surface area contributed by atoms with Gasteiger partial charge in [0, 0.05) is 18.6 Å². The van der Waals surface area contributed by atoms with Crippen LogP contribution in [0.2, 0.25) is 0 Å². The van der Waals surface area contributed by atoms with Gasteiger partial charge in [0.05, 0.1) is 13.1 Å². The molecule has 5 heteroatoms.